The first-order chi connectivity index (χ1) is 20.8. The molecule has 0 atom stereocenters. The summed E-state index contributed by atoms with van der Waals surface area (Å²) in [6.07, 6.45) is 11.3. The molecule has 0 spiro atoms. The smallest absolute Gasteiger partial charge is 0.316 e. The number of nitrogens with zero attached hydrogens (tertiary/aromatic N) is 1. The number of aliphatic hydroxyl groups is 2. The summed E-state index contributed by atoms with van der Waals surface area (Å²) in [4.78, 5) is 11.9. The number of methoxy groups -OCH3 is 3. The first-order valence-corrected chi connectivity index (χ1v) is 14.9. The summed E-state index contributed by atoms with van der Waals surface area (Å²) in [5.74, 6) is 1.90. The van der Waals surface area contributed by atoms with E-state index in [1.165, 1.54) is 19.8 Å². The van der Waals surface area contributed by atoms with Crippen LogP contribution in [0.2, 0.25) is 0 Å². The third-order valence-electron chi connectivity index (χ3n) is 7.28. The molecule has 0 saturated heterocycles. The minimum atomic E-state index is -1.23. The van der Waals surface area contributed by atoms with E-state index in [-0.39, 0.29) is 0 Å². The van der Waals surface area contributed by atoms with Crippen LogP contribution in [0.3, 0.4) is 0 Å². The Morgan fingerprint density at radius 2 is 1.30 bits per heavy atom. The second-order valence-corrected chi connectivity index (χ2v) is 10.7. The fourth-order valence-electron chi connectivity index (χ4n) is 4.39. The molecule has 2 N–H and O–H groups in total. The van der Waals surface area contributed by atoms with Gasteiger partial charge >= 0.3 is 5.97 Å². The van der Waals surface area contributed by atoms with Crippen LogP contribution in [0.4, 0.5) is 0 Å². The lowest BCUT2D eigenvalue weighted by Gasteiger charge is -2.22. The minimum Gasteiger partial charge on any atom is -0.493 e. The highest BCUT2D eigenvalue weighted by Gasteiger charge is 2.33. The van der Waals surface area contributed by atoms with Gasteiger partial charge in [-0.1, -0.05) is 51.0 Å². The number of nitriles is 1. The van der Waals surface area contributed by atoms with Crippen molar-refractivity contribution >= 4 is 17.6 Å². The topological polar surface area (TPSA) is 127 Å². The highest BCUT2D eigenvalue weighted by atomic mass is 16.5. The molecule has 0 bridgehead atoms. The molecule has 2 rings (SSSR count). The summed E-state index contributed by atoms with van der Waals surface area (Å²) >= 11 is 0. The number of hydrogen-bond donors (Lipinski definition) is 2. The maximum atomic E-state index is 11.9. The highest BCUT2D eigenvalue weighted by molar-refractivity contribution is 5.90. The fraction of sp³-hybridized carbons (Fsp3) is 0.529. The number of aliphatic hydroxyl groups excluding tert-OH is 2. The van der Waals surface area contributed by atoms with Crippen molar-refractivity contribution in [2.24, 2.45) is 5.41 Å². The molecule has 236 valence electrons. The monoisotopic (exact) mass is 597 g/mol. The van der Waals surface area contributed by atoms with Crippen molar-refractivity contribution in [3.8, 4) is 29.1 Å². The first kappa shape index (κ1) is 35.5. The van der Waals surface area contributed by atoms with E-state index in [1.807, 2.05) is 24.3 Å². The molecule has 9 heteroatoms. The van der Waals surface area contributed by atoms with Gasteiger partial charge in [-0.05, 0) is 67.3 Å². The van der Waals surface area contributed by atoms with E-state index in [2.05, 4.69) is 6.07 Å². The van der Waals surface area contributed by atoms with Gasteiger partial charge in [0.25, 0.3) is 0 Å². The average Bonchev–Trinajstić information content (AvgIpc) is 3.04. The number of hydrogen-bond acceptors (Lipinski definition) is 9. The molecule has 0 fully saturated rings. The van der Waals surface area contributed by atoms with Crippen LogP contribution in [0.1, 0.15) is 75.8 Å². The predicted octanol–water partition coefficient (Wildman–Crippen LogP) is 6.20. The van der Waals surface area contributed by atoms with Gasteiger partial charge in [0.2, 0.25) is 0 Å². The van der Waals surface area contributed by atoms with Crippen LogP contribution < -0.4 is 18.9 Å². The van der Waals surface area contributed by atoms with Crippen molar-refractivity contribution in [1.82, 2.24) is 0 Å². The van der Waals surface area contributed by atoms with E-state index in [9.17, 15) is 20.3 Å². The largest absolute Gasteiger partial charge is 0.493 e. The van der Waals surface area contributed by atoms with Gasteiger partial charge in [-0.15, -0.1) is 0 Å². The van der Waals surface area contributed by atoms with Crippen LogP contribution >= 0.6 is 0 Å². The number of rotatable bonds is 21. The SMILES string of the molecule is COc1ccc(/C(C#N)=C/c2ccc(OCCCCCCCCCCCOC(=O)C(C)(CO)CO)c(OC)c2)cc1OC. The molecule has 0 unspecified atom stereocenters. The van der Waals surface area contributed by atoms with Crippen molar-refractivity contribution < 1.29 is 38.7 Å². The van der Waals surface area contributed by atoms with E-state index in [0.717, 1.165) is 56.1 Å². The number of allylic oxidation sites excluding steroid dienone is 1. The molecule has 0 aliphatic heterocycles. The van der Waals surface area contributed by atoms with Crippen molar-refractivity contribution in [2.45, 2.75) is 64.7 Å². The summed E-state index contributed by atoms with van der Waals surface area (Å²) in [6, 6.07) is 13.3. The van der Waals surface area contributed by atoms with Crippen LogP contribution in [0.15, 0.2) is 36.4 Å². The van der Waals surface area contributed by atoms with Crippen LogP contribution in [0.5, 0.6) is 23.0 Å². The highest BCUT2D eigenvalue weighted by Crippen LogP contribution is 2.33. The summed E-state index contributed by atoms with van der Waals surface area (Å²) in [7, 11) is 4.74. The summed E-state index contributed by atoms with van der Waals surface area (Å²) < 4.78 is 27.4. The number of benzene rings is 2. The quantitative estimate of drug-likeness (QED) is 0.0748. The third-order valence-corrected chi connectivity index (χ3v) is 7.28. The van der Waals surface area contributed by atoms with Crippen LogP contribution in [0.25, 0.3) is 11.6 Å². The molecular weight excluding hydrogens is 550 g/mol. The van der Waals surface area contributed by atoms with Crippen molar-refractivity contribution in [3.63, 3.8) is 0 Å². The molecule has 2 aromatic rings. The lowest BCUT2D eigenvalue weighted by Crippen LogP contribution is -2.37. The molecule has 0 aliphatic rings. The summed E-state index contributed by atoms with van der Waals surface area (Å²) in [5, 5.41) is 28.2. The minimum absolute atomic E-state index is 0.318. The van der Waals surface area contributed by atoms with E-state index in [1.54, 1.807) is 39.5 Å². The second kappa shape index (κ2) is 19.4. The Balaban J connectivity index is 1.67. The van der Waals surface area contributed by atoms with Crippen LogP contribution in [-0.2, 0) is 9.53 Å². The van der Waals surface area contributed by atoms with Gasteiger partial charge in [0.05, 0.1) is 59.4 Å². The van der Waals surface area contributed by atoms with E-state index >= 15 is 0 Å². The lowest BCUT2D eigenvalue weighted by atomic mass is 9.93. The zero-order valence-electron chi connectivity index (χ0n) is 26.0. The molecule has 0 radical (unpaired) electrons. The van der Waals surface area contributed by atoms with E-state index < -0.39 is 24.6 Å². The second-order valence-electron chi connectivity index (χ2n) is 10.7. The maximum Gasteiger partial charge on any atom is 0.316 e. The van der Waals surface area contributed by atoms with Crippen LogP contribution in [-0.4, -0.2) is 63.9 Å². The molecule has 9 nitrogen and oxygen atoms in total. The van der Waals surface area contributed by atoms with Gasteiger partial charge in [-0.25, -0.2) is 0 Å². The van der Waals surface area contributed by atoms with Crippen LogP contribution in [0, 0.1) is 16.7 Å². The van der Waals surface area contributed by atoms with Gasteiger partial charge in [0.1, 0.15) is 5.41 Å². The van der Waals surface area contributed by atoms with Crippen molar-refractivity contribution in [2.75, 3.05) is 47.8 Å². The molecule has 0 amide bonds. The number of carbonyl (C=O) groups excluding carboxylic acids is 1. The Hall–Kier alpha value is -3.74. The fourth-order valence-corrected chi connectivity index (χ4v) is 4.39. The van der Waals surface area contributed by atoms with Gasteiger partial charge < -0.3 is 33.9 Å². The van der Waals surface area contributed by atoms with E-state index in [4.69, 9.17) is 23.7 Å². The molecule has 0 aromatic heterocycles. The number of esters is 1. The average molecular weight is 598 g/mol. The lowest BCUT2D eigenvalue weighted by molar-refractivity contribution is -0.160. The molecule has 0 saturated carbocycles. The summed E-state index contributed by atoms with van der Waals surface area (Å²) in [5.41, 5.74) is 0.812. The zero-order chi connectivity index (χ0) is 31.5. The number of unbranched alkanes of at least 4 members (excludes halogenated alkanes) is 8. The van der Waals surface area contributed by atoms with Crippen molar-refractivity contribution in [3.05, 3.63) is 47.5 Å². The first-order valence-electron chi connectivity index (χ1n) is 14.9. The number of carbonyl (C=O) groups is 1. The standard InChI is InChI=1S/C34H47NO8/c1-34(24-36,25-37)33(38)43-19-13-11-9-7-5-6-8-10-12-18-42-30-16-14-26(21-31(30)40-3)20-28(23-35)27-15-17-29(39-2)32(22-27)41-4/h14-17,20-22,36-37H,5-13,18-19,24-25H2,1-4H3/b28-20+. The van der Waals surface area contributed by atoms with Crippen molar-refractivity contribution in [1.29, 1.82) is 5.26 Å². The Kier molecular flexibility index (Phi) is 16.0. The van der Waals surface area contributed by atoms with E-state index in [0.29, 0.717) is 41.8 Å². The molecule has 0 heterocycles. The Labute approximate surface area is 256 Å². The normalized spacial score (nSPS) is 11.5. The molecule has 0 aliphatic carbocycles. The van der Waals surface area contributed by atoms with Gasteiger partial charge in [0.15, 0.2) is 23.0 Å². The molecular formula is C34H47NO8. The Morgan fingerprint density at radius 1 is 0.767 bits per heavy atom. The number of ether oxygens (including phenoxy) is 5. The maximum absolute atomic E-state index is 11.9. The van der Waals surface area contributed by atoms with Gasteiger partial charge in [-0.2, -0.15) is 5.26 Å². The Bertz CT molecular complexity index is 1200. The summed E-state index contributed by atoms with van der Waals surface area (Å²) in [6.45, 7) is 1.55. The Morgan fingerprint density at radius 3 is 1.86 bits per heavy atom. The predicted molar refractivity (Wildman–Crippen MR) is 166 cm³/mol. The third kappa shape index (κ3) is 11.5. The molecule has 43 heavy (non-hydrogen) atoms. The molecule has 2 aromatic carbocycles. The van der Waals surface area contributed by atoms with Gasteiger partial charge in [-0.3, -0.25) is 4.79 Å². The van der Waals surface area contributed by atoms with Gasteiger partial charge in [0, 0.05) is 0 Å². The zero-order valence-corrected chi connectivity index (χ0v) is 26.0.